The molecule has 1 atom stereocenters. The highest BCUT2D eigenvalue weighted by Gasteiger charge is 2.33. The number of rotatable bonds is 2. The number of hydrogen-bond donors (Lipinski definition) is 0. The molecule has 102 valence electrons. The molecule has 0 radical (unpaired) electrons. The van der Waals surface area contributed by atoms with Gasteiger partial charge in [-0.25, -0.2) is 0 Å². The van der Waals surface area contributed by atoms with E-state index in [0.29, 0.717) is 0 Å². The molecule has 0 saturated carbocycles. The highest BCUT2D eigenvalue weighted by atomic mass is 28.3. The van der Waals surface area contributed by atoms with Crippen LogP contribution in [0.15, 0.2) is 60.7 Å². The molecule has 0 saturated heterocycles. The largest absolute Gasteiger partial charge is 0.842 e. The van der Waals surface area contributed by atoms with E-state index in [1.807, 2.05) is 60.7 Å². The van der Waals surface area contributed by atoms with Crippen molar-refractivity contribution in [1.29, 1.82) is 0 Å². The summed E-state index contributed by atoms with van der Waals surface area (Å²) in [4.78, 5) is 0. The van der Waals surface area contributed by atoms with Crippen molar-refractivity contribution in [3.8, 4) is 11.8 Å². The minimum absolute atomic E-state index is 0.896. The molecule has 0 aliphatic rings. The molecule has 20 heavy (non-hydrogen) atoms. The van der Waals surface area contributed by atoms with Crippen LogP contribution in [0.25, 0.3) is 0 Å². The standard InChI is InChI=1S/C18H19OSi/c1-18(19,15-14-16-10-6-4-7-11-16)20(2,3)17-12-8-5-9-13-17/h4-13H,1-3H3/q-1. The Morgan fingerprint density at radius 1 is 0.900 bits per heavy atom. The van der Waals surface area contributed by atoms with Crippen LogP contribution in [0.5, 0.6) is 0 Å². The minimum atomic E-state index is -2.19. The molecule has 0 N–H and O–H groups in total. The van der Waals surface area contributed by atoms with Gasteiger partial charge < -0.3 is 5.11 Å². The second kappa shape index (κ2) is 5.66. The third-order valence-electron chi connectivity index (χ3n) is 3.91. The van der Waals surface area contributed by atoms with E-state index in [0.717, 1.165) is 10.8 Å². The molecule has 2 aromatic carbocycles. The second-order valence-electron chi connectivity index (χ2n) is 5.64. The van der Waals surface area contributed by atoms with Crippen molar-refractivity contribution in [2.75, 3.05) is 0 Å². The van der Waals surface area contributed by atoms with Crippen LogP contribution in [0.1, 0.15) is 12.5 Å². The maximum atomic E-state index is 13.0. The summed E-state index contributed by atoms with van der Waals surface area (Å²) in [7, 11) is -2.19. The summed E-state index contributed by atoms with van der Waals surface area (Å²) in [6, 6.07) is 19.7. The molecule has 2 aromatic rings. The van der Waals surface area contributed by atoms with Gasteiger partial charge in [0.25, 0.3) is 0 Å². The zero-order valence-electron chi connectivity index (χ0n) is 12.2. The SMILES string of the molecule is CC([O-])(C#Cc1ccccc1)[Si](C)(C)c1ccccc1. The maximum absolute atomic E-state index is 13.0. The van der Waals surface area contributed by atoms with Crippen molar-refractivity contribution in [2.45, 2.75) is 25.2 Å². The Bertz CT molecular complexity index is 619. The summed E-state index contributed by atoms with van der Waals surface area (Å²) < 4.78 is 0. The molecule has 1 nitrogen and oxygen atoms in total. The molecule has 0 amide bonds. The number of benzene rings is 2. The monoisotopic (exact) mass is 279 g/mol. The van der Waals surface area contributed by atoms with Crippen molar-refractivity contribution in [3.63, 3.8) is 0 Å². The van der Waals surface area contributed by atoms with Crippen LogP contribution >= 0.6 is 0 Å². The van der Waals surface area contributed by atoms with E-state index in [1.54, 1.807) is 6.92 Å². The first-order valence-electron chi connectivity index (χ1n) is 6.78. The zero-order chi connectivity index (χ0) is 14.6. The van der Waals surface area contributed by atoms with Crippen LogP contribution in [0.2, 0.25) is 13.1 Å². The van der Waals surface area contributed by atoms with Crippen molar-refractivity contribution in [1.82, 2.24) is 0 Å². The van der Waals surface area contributed by atoms with Gasteiger partial charge in [-0.2, -0.15) is 0 Å². The summed E-state index contributed by atoms with van der Waals surface area (Å²) >= 11 is 0. The quantitative estimate of drug-likeness (QED) is 0.611. The van der Waals surface area contributed by atoms with E-state index >= 15 is 0 Å². The lowest BCUT2D eigenvalue weighted by Gasteiger charge is -2.45. The van der Waals surface area contributed by atoms with Gasteiger partial charge in [-0.15, -0.1) is 5.92 Å². The molecular weight excluding hydrogens is 260 g/mol. The summed E-state index contributed by atoms with van der Waals surface area (Å²) in [5, 5.41) is 12.9. The normalized spacial score (nSPS) is 14.0. The Hall–Kier alpha value is -1.82. The van der Waals surface area contributed by atoms with E-state index in [1.165, 1.54) is 0 Å². The Morgan fingerprint density at radius 2 is 1.40 bits per heavy atom. The molecule has 1 unspecified atom stereocenters. The Kier molecular flexibility index (Phi) is 4.13. The van der Waals surface area contributed by atoms with E-state index in [-0.39, 0.29) is 0 Å². The minimum Gasteiger partial charge on any atom is -0.842 e. The van der Waals surface area contributed by atoms with Crippen LogP contribution in [0.3, 0.4) is 0 Å². The van der Waals surface area contributed by atoms with Gasteiger partial charge in [0.2, 0.25) is 0 Å². The molecule has 0 fully saturated rings. The summed E-state index contributed by atoms with van der Waals surface area (Å²) in [5.74, 6) is 6.00. The second-order valence-corrected chi connectivity index (χ2v) is 10.4. The summed E-state index contributed by atoms with van der Waals surface area (Å²) in [6.07, 6.45) is 0. The van der Waals surface area contributed by atoms with E-state index in [4.69, 9.17) is 0 Å². The fourth-order valence-electron chi connectivity index (χ4n) is 2.00. The van der Waals surface area contributed by atoms with E-state index < -0.39 is 13.3 Å². The van der Waals surface area contributed by atoms with Crippen molar-refractivity contribution in [3.05, 3.63) is 66.2 Å². The molecule has 2 rings (SSSR count). The van der Waals surface area contributed by atoms with Crippen molar-refractivity contribution in [2.24, 2.45) is 0 Å². The van der Waals surface area contributed by atoms with Crippen LogP contribution < -0.4 is 10.3 Å². The zero-order valence-corrected chi connectivity index (χ0v) is 13.2. The topological polar surface area (TPSA) is 23.1 Å². The molecule has 2 heteroatoms. The van der Waals surface area contributed by atoms with Gasteiger partial charge in [0, 0.05) is 5.56 Å². The Balaban J connectivity index is 2.33. The molecule has 0 aliphatic carbocycles. The van der Waals surface area contributed by atoms with E-state index in [9.17, 15) is 5.11 Å². The molecule has 0 spiro atoms. The first kappa shape index (κ1) is 14.6. The van der Waals surface area contributed by atoms with Crippen molar-refractivity contribution < 1.29 is 5.11 Å². The first-order chi connectivity index (χ1) is 9.43. The molecule has 0 aliphatic heterocycles. The van der Waals surface area contributed by atoms with Crippen LogP contribution in [-0.2, 0) is 0 Å². The van der Waals surface area contributed by atoms with Gasteiger partial charge >= 0.3 is 0 Å². The fraction of sp³-hybridized carbons (Fsp3) is 0.222. The predicted octanol–water partition coefficient (Wildman–Crippen LogP) is 2.31. The maximum Gasteiger partial charge on any atom is 0.0817 e. The predicted molar refractivity (Wildman–Crippen MR) is 85.3 cm³/mol. The third-order valence-corrected chi connectivity index (χ3v) is 8.19. The average molecular weight is 279 g/mol. The van der Waals surface area contributed by atoms with Gasteiger partial charge in [-0.1, -0.05) is 84.9 Å². The Morgan fingerprint density at radius 3 is 1.95 bits per heavy atom. The Labute approximate surface area is 122 Å². The summed E-state index contributed by atoms with van der Waals surface area (Å²) in [5.41, 5.74) is 0.896. The highest BCUT2D eigenvalue weighted by molar-refractivity contribution is 6.92. The average Bonchev–Trinajstić information content (AvgIpc) is 2.47. The van der Waals surface area contributed by atoms with Crippen LogP contribution in [0, 0.1) is 11.8 Å². The summed E-state index contributed by atoms with van der Waals surface area (Å²) in [6.45, 7) is 5.91. The van der Waals surface area contributed by atoms with Gasteiger partial charge in [-0.05, 0) is 12.1 Å². The van der Waals surface area contributed by atoms with E-state index in [2.05, 4.69) is 24.9 Å². The lowest BCUT2D eigenvalue weighted by molar-refractivity contribution is -0.419. The van der Waals surface area contributed by atoms with Crippen LogP contribution in [0.4, 0.5) is 0 Å². The molecular formula is C18H19OSi-. The smallest absolute Gasteiger partial charge is 0.0817 e. The molecule has 0 heterocycles. The first-order valence-corrected chi connectivity index (χ1v) is 9.78. The molecule has 0 bridgehead atoms. The third kappa shape index (κ3) is 3.01. The van der Waals surface area contributed by atoms with Crippen LogP contribution in [-0.4, -0.2) is 13.3 Å². The lowest BCUT2D eigenvalue weighted by Crippen LogP contribution is -2.67. The fourth-order valence-corrected chi connectivity index (χ4v) is 3.95. The van der Waals surface area contributed by atoms with Gasteiger partial charge in [0.15, 0.2) is 0 Å². The lowest BCUT2D eigenvalue weighted by atomic mass is 10.2. The van der Waals surface area contributed by atoms with Gasteiger partial charge in [0.05, 0.1) is 8.07 Å². The van der Waals surface area contributed by atoms with Gasteiger partial charge in [-0.3, -0.25) is 0 Å². The van der Waals surface area contributed by atoms with Gasteiger partial charge in [0.1, 0.15) is 0 Å². The van der Waals surface area contributed by atoms with Crippen molar-refractivity contribution >= 4 is 13.3 Å². The number of hydrogen-bond acceptors (Lipinski definition) is 1. The highest BCUT2D eigenvalue weighted by Crippen LogP contribution is 2.17. The molecule has 0 aromatic heterocycles.